The third-order valence-corrected chi connectivity index (χ3v) is 8.40. The summed E-state index contributed by atoms with van der Waals surface area (Å²) in [4.78, 5) is 0. The molecule has 0 amide bonds. The first kappa shape index (κ1) is 16.1. The molecule has 6 atom stereocenters. The molecule has 2 saturated carbocycles. The van der Waals surface area contributed by atoms with Crippen molar-refractivity contribution < 1.29 is 14.6 Å². The van der Waals surface area contributed by atoms with Crippen LogP contribution in [0.5, 0.6) is 5.75 Å². The van der Waals surface area contributed by atoms with E-state index in [4.69, 9.17) is 9.47 Å². The Bertz CT molecular complexity index is 686. The number of ether oxygens (including phenoxy) is 2. The van der Waals surface area contributed by atoms with E-state index in [-0.39, 0.29) is 11.9 Å². The first-order chi connectivity index (χ1) is 12.1. The Morgan fingerprint density at radius 2 is 1.96 bits per heavy atom. The Hall–Kier alpha value is -1.06. The van der Waals surface area contributed by atoms with Crippen molar-refractivity contribution in [1.29, 1.82) is 0 Å². The highest BCUT2D eigenvalue weighted by Gasteiger charge is 2.64. The molecule has 3 nitrogen and oxygen atoms in total. The average molecular weight is 342 g/mol. The second-order valence-electron chi connectivity index (χ2n) is 9.11. The van der Waals surface area contributed by atoms with E-state index in [1.165, 1.54) is 49.7 Å². The van der Waals surface area contributed by atoms with E-state index in [1.54, 1.807) is 7.11 Å². The Labute approximate surface area is 150 Å². The predicted octanol–water partition coefficient (Wildman–Crippen LogP) is 4.77. The van der Waals surface area contributed by atoms with Gasteiger partial charge >= 0.3 is 0 Å². The van der Waals surface area contributed by atoms with Crippen LogP contribution in [0.3, 0.4) is 0 Å². The number of fused-ring (bicyclic) bond motifs is 6. The topological polar surface area (TPSA) is 38.7 Å². The maximum Gasteiger partial charge on any atom is 0.158 e. The molecular formula is C22H30O3. The zero-order valence-electron chi connectivity index (χ0n) is 15.5. The van der Waals surface area contributed by atoms with Crippen molar-refractivity contribution in [3.8, 4) is 5.75 Å². The number of benzene rings is 1. The van der Waals surface area contributed by atoms with Crippen molar-refractivity contribution in [1.82, 2.24) is 0 Å². The van der Waals surface area contributed by atoms with Crippen molar-refractivity contribution in [2.45, 2.75) is 76.1 Å². The van der Waals surface area contributed by atoms with Crippen LogP contribution >= 0.6 is 0 Å². The van der Waals surface area contributed by atoms with E-state index in [2.05, 4.69) is 13.0 Å². The summed E-state index contributed by atoms with van der Waals surface area (Å²) in [7, 11) is 1.78. The molecule has 25 heavy (non-hydrogen) atoms. The smallest absolute Gasteiger partial charge is 0.158 e. The number of rotatable bonds is 1. The maximum atomic E-state index is 9.83. The van der Waals surface area contributed by atoms with Crippen LogP contribution < -0.4 is 0 Å². The van der Waals surface area contributed by atoms with Crippen LogP contribution in [0.25, 0.3) is 0 Å². The molecule has 1 heterocycles. The van der Waals surface area contributed by atoms with Crippen molar-refractivity contribution in [3.05, 3.63) is 29.3 Å². The quantitative estimate of drug-likeness (QED) is 0.799. The standard InChI is InChI=1S/C22H30O3/c1-21-10-7-17-16-6-4-15(23)13-14(16)3-5-18(17)19(21)8-11-22(21)12-9-20(24-2)25-22/h4,6,13,17-20,23H,3,5,7-12H2,1-2H3/t17-,18-,19+,20?,21+,22-/m1/s1. The molecule has 4 aliphatic rings. The van der Waals surface area contributed by atoms with Gasteiger partial charge in [-0.2, -0.15) is 0 Å². The van der Waals surface area contributed by atoms with Crippen molar-refractivity contribution >= 4 is 0 Å². The highest BCUT2D eigenvalue weighted by atomic mass is 16.7. The van der Waals surface area contributed by atoms with E-state index >= 15 is 0 Å². The van der Waals surface area contributed by atoms with Gasteiger partial charge in [0.25, 0.3) is 0 Å². The third kappa shape index (κ3) is 2.12. The van der Waals surface area contributed by atoms with E-state index < -0.39 is 0 Å². The lowest BCUT2D eigenvalue weighted by atomic mass is 9.53. The molecule has 1 saturated heterocycles. The largest absolute Gasteiger partial charge is 0.508 e. The minimum absolute atomic E-state index is 0.00311. The SMILES string of the molecule is COC1CC[C@@]2(CC[C@H]3[C@@H]4CCc5cc(O)ccc5[C@H]4CC[C@@]32C)O1. The maximum absolute atomic E-state index is 9.83. The Morgan fingerprint density at radius 3 is 2.76 bits per heavy atom. The summed E-state index contributed by atoms with van der Waals surface area (Å²) in [6.07, 6.45) is 9.64. The fourth-order valence-electron chi connectivity index (χ4n) is 7.15. The van der Waals surface area contributed by atoms with Gasteiger partial charge in [0.15, 0.2) is 6.29 Å². The molecule has 0 bridgehead atoms. The first-order valence-electron chi connectivity index (χ1n) is 10.1. The molecule has 0 radical (unpaired) electrons. The van der Waals surface area contributed by atoms with Crippen LogP contribution in [0.15, 0.2) is 18.2 Å². The Balaban J connectivity index is 1.47. The van der Waals surface area contributed by atoms with Crippen LogP contribution in [0.4, 0.5) is 0 Å². The fourth-order valence-corrected chi connectivity index (χ4v) is 7.15. The minimum atomic E-state index is 0.00311. The van der Waals surface area contributed by atoms with Crippen LogP contribution in [0.1, 0.15) is 68.9 Å². The van der Waals surface area contributed by atoms with Crippen molar-refractivity contribution in [2.24, 2.45) is 17.3 Å². The molecule has 136 valence electrons. The molecule has 3 aliphatic carbocycles. The normalized spacial score (nSPS) is 45.2. The minimum Gasteiger partial charge on any atom is -0.508 e. The van der Waals surface area contributed by atoms with Gasteiger partial charge in [-0.05, 0) is 91.4 Å². The average Bonchev–Trinajstić information content (AvgIpc) is 3.17. The second kappa shape index (κ2) is 5.47. The number of aromatic hydroxyl groups is 1. The predicted molar refractivity (Wildman–Crippen MR) is 96.6 cm³/mol. The van der Waals surface area contributed by atoms with Gasteiger partial charge in [-0.3, -0.25) is 0 Å². The molecule has 3 heteroatoms. The Kier molecular flexibility index (Phi) is 3.53. The van der Waals surface area contributed by atoms with Gasteiger partial charge < -0.3 is 14.6 Å². The molecule has 1 N–H and O–H groups in total. The molecular weight excluding hydrogens is 312 g/mol. The highest BCUT2D eigenvalue weighted by molar-refractivity contribution is 5.40. The van der Waals surface area contributed by atoms with Crippen LogP contribution in [-0.4, -0.2) is 24.1 Å². The number of phenols is 1. The molecule has 1 unspecified atom stereocenters. The summed E-state index contributed by atoms with van der Waals surface area (Å²) < 4.78 is 12.1. The number of methoxy groups -OCH3 is 1. The molecule has 1 aromatic rings. The van der Waals surface area contributed by atoms with Gasteiger partial charge in [0, 0.05) is 13.5 Å². The summed E-state index contributed by atoms with van der Waals surface area (Å²) in [6.45, 7) is 2.52. The van der Waals surface area contributed by atoms with Gasteiger partial charge in [-0.25, -0.2) is 0 Å². The van der Waals surface area contributed by atoms with Crippen LogP contribution in [-0.2, 0) is 15.9 Å². The monoisotopic (exact) mass is 342 g/mol. The van der Waals surface area contributed by atoms with E-state index in [9.17, 15) is 5.11 Å². The molecule has 1 aromatic carbocycles. The van der Waals surface area contributed by atoms with Crippen LogP contribution in [0, 0.1) is 17.3 Å². The van der Waals surface area contributed by atoms with Crippen molar-refractivity contribution in [2.75, 3.05) is 7.11 Å². The zero-order chi connectivity index (χ0) is 17.2. The summed E-state index contributed by atoms with van der Waals surface area (Å²) in [5, 5.41) is 9.83. The Morgan fingerprint density at radius 1 is 1.12 bits per heavy atom. The van der Waals surface area contributed by atoms with Crippen LogP contribution in [0.2, 0.25) is 0 Å². The van der Waals surface area contributed by atoms with Gasteiger partial charge in [-0.15, -0.1) is 0 Å². The van der Waals surface area contributed by atoms with Gasteiger partial charge in [0.1, 0.15) is 5.75 Å². The van der Waals surface area contributed by atoms with Crippen molar-refractivity contribution in [3.63, 3.8) is 0 Å². The molecule has 1 spiro atoms. The number of hydrogen-bond acceptors (Lipinski definition) is 3. The lowest BCUT2D eigenvalue weighted by Gasteiger charge is -2.53. The number of hydrogen-bond donors (Lipinski definition) is 1. The lowest BCUT2D eigenvalue weighted by molar-refractivity contribution is -0.199. The molecule has 0 aromatic heterocycles. The summed E-state index contributed by atoms with van der Waals surface area (Å²) in [5.74, 6) is 2.64. The number of aryl methyl sites for hydroxylation is 1. The van der Waals surface area contributed by atoms with E-state index in [0.717, 1.165) is 24.7 Å². The highest BCUT2D eigenvalue weighted by Crippen LogP contribution is 2.67. The summed E-state index contributed by atoms with van der Waals surface area (Å²) in [6, 6.07) is 6.08. The second-order valence-corrected chi connectivity index (χ2v) is 9.11. The van der Waals surface area contributed by atoms with E-state index in [0.29, 0.717) is 17.1 Å². The summed E-state index contributed by atoms with van der Waals surface area (Å²) in [5.41, 5.74) is 3.25. The zero-order valence-corrected chi connectivity index (χ0v) is 15.5. The first-order valence-corrected chi connectivity index (χ1v) is 10.1. The molecule has 5 rings (SSSR count). The summed E-state index contributed by atoms with van der Waals surface area (Å²) >= 11 is 0. The fraction of sp³-hybridized carbons (Fsp3) is 0.727. The van der Waals surface area contributed by atoms with Gasteiger partial charge in [0.05, 0.1) is 5.60 Å². The third-order valence-electron chi connectivity index (χ3n) is 8.40. The van der Waals surface area contributed by atoms with Gasteiger partial charge in [-0.1, -0.05) is 13.0 Å². The molecule has 3 fully saturated rings. The molecule has 1 aliphatic heterocycles. The number of phenolic OH excluding ortho intramolecular Hbond substituents is 1. The lowest BCUT2D eigenvalue weighted by Crippen LogP contribution is -2.50. The van der Waals surface area contributed by atoms with Gasteiger partial charge in [0.2, 0.25) is 0 Å². The van der Waals surface area contributed by atoms with E-state index in [1.807, 2.05) is 12.1 Å².